The summed E-state index contributed by atoms with van der Waals surface area (Å²) in [5, 5.41) is 40.8. The zero-order chi connectivity index (χ0) is 58.0. The van der Waals surface area contributed by atoms with Crippen molar-refractivity contribution < 1.29 is 56.6 Å². The Morgan fingerprint density at radius 3 is 2.01 bits per heavy atom. The summed E-state index contributed by atoms with van der Waals surface area (Å²) in [6, 6.07) is 26.2. The van der Waals surface area contributed by atoms with Gasteiger partial charge in [0.2, 0.25) is 23.6 Å². The fraction of sp³-hybridized carbons (Fsp3) is 0.443. The molecule has 0 spiro atoms. The Morgan fingerprint density at radius 2 is 1.37 bits per heavy atom. The first kappa shape index (κ1) is 60.0. The number of phenols is 1. The molecule has 0 radical (unpaired) electrons. The lowest BCUT2D eigenvalue weighted by Crippen LogP contribution is -2.57. The number of likely N-dealkylation sites (tertiary alicyclic amines) is 1. The number of anilines is 2. The van der Waals surface area contributed by atoms with Gasteiger partial charge in [0.05, 0.1) is 34.3 Å². The number of aliphatic hydroxyl groups excluding tert-OH is 1. The molecule has 4 heterocycles. The minimum absolute atomic E-state index is 0.0229. The number of aromatic nitrogens is 1. The lowest BCUT2D eigenvalue weighted by Gasteiger charge is -2.35. The first-order valence-corrected chi connectivity index (χ1v) is 30.2. The van der Waals surface area contributed by atoms with E-state index in [1.54, 1.807) is 72.0 Å². The highest BCUT2D eigenvalue weighted by molar-refractivity contribution is 7.87. The predicted octanol–water partition coefficient (Wildman–Crippen LogP) is 9.39. The number of nitrogens with one attached hydrogen (secondary N) is 4. The molecule has 18 nitrogen and oxygen atoms in total. The first-order valence-electron chi connectivity index (χ1n) is 27.8. The van der Waals surface area contributed by atoms with Gasteiger partial charge in [0.1, 0.15) is 34.9 Å². The Bertz CT molecular complexity index is 3160. The Hall–Kier alpha value is -7.13. The average molecular weight is 1150 g/mol. The van der Waals surface area contributed by atoms with E-state index < -0.39 is 63.1 Å². The topological polar surface area (TPSA) is 263 Å². The number of aromatic hydroxyl groups is 1. The highest BCUT2D eigenvalue weighted by Crippen LogP contribution is 2.51. The predicted molar refractivity (Wildman–Crippen MR) is 312 cm³/mol. The molecular weight excluding hydrogens is 1070 g/mol. The molecule has 7 atom stereocenters. The second-order valence-electron chi connectivity index (χ2n) is 22.3. The van der Waals surface area contributed by atoms with Crippen LogP contribution in [-0.4, -0.2) is 112 Å². The monoisotopic (exact) mass is 1150 g/mol. The van der Waals surface area contributed by atoms with Crippen molar-refractivity contribution in [3.8, 4) is 21.9 Å². The molecule has 4 amide bonds. The van der Waals surface area contributed by atoms with Crippen LogP contribution < -0.4 is 25.5 Å². The van der Waals surface area contributed by atoms with Crippen molar-refractivity contribution in [2.45, 2.75) is 153 Å². The Labute approximate surface area is 477 Å². The number of thiazole rings is 1. The SMILES string of the molecule is Cc1ncsc1-c1ccc([C@@H](C)NC(=O)[C@@H]2C[C@@H](O)CN2C(=O)[C@@H](NC(=O)CCCCCNc2ccc(OS(=O)(=O)C3C[C@H]4O[C@@H]3C(c3ccc(NC(=O)CCCCCCC(=O)O)cc3)=C4c3ccc(O)cc3)cc2)C(C)(C)C)cc1. The van der Waals surface area contributed by atoms with E-state index in [1.807, 2.05) is 76.5 Å². The number of carboxylic acids is 1. The van der Waals surface area contributed by atoms with Gasteiger partial charge in [0.25, 0.3) is 0 Å². The molecule has 2 saturated heterocycles. The Balaban J connectivity index is 0.790. The van der Waals surface area contributed by atoms with Crippen LogP contribution in [0.3, 0.4) is 0 Å². The summed E-state index contributed by atoms with van der Waals surface area (Å²) >= 11 is 1.57. The zero-order valence-electron chi connectivity index (χ0n) is 46.5. The van der Waals surface area contributed by atoms with Crippen LogP contribution in [0.4, 0.5) is 11.4 Å². The van der Waals surface area contributed by atoms with Gasteiger partial charge in [-0.1, -0.05) is 88.6 Å². The number of phenolic OH excluding ortho intramolecular Hbond substituents is 1. The van der Waals surface area contributed by atoms with Crippen LogP contribution in [0.2, 0.25) is 0 Å². The van der Waals surface area contributed by atoms with E-state index in [2.05, 4.69) is 26.3 Å². The highest BCUT2D eigenvalue weighted by atomic mass is 32.2. The fourth-order valence-corrected chi connectivity index (χ4v) is 13.0. The molecule has 5 aromatic rings. The molecule has 2 fully saturated rings. The number of benzene rings is 4. The minimum Gasteiger partial charge on any atom is -0.508 e. The number of ether oxygens (including phenoxy) is 1. The van der Waals surface area contributed by atoms with Gasteiger partial charge in [-0.15, -0.1) is 11.3 Å². The molecule has 0 saturated carbocycles. The molecule has 432 valence electrons. The van der Waals surface area contributed by atoms with Crippen molar-refractivity contribution >= 4 is 73.6 Å². The number of carbonyl (C=O) groups excluding carboxylic acids is 4. The highest BCUT2D eigenvalue weighted by Gasteiger charge is 2.54. The number of β-amino-alcohol motifs (C(OH)–C–C–N with tert-alkyl or cyclic N) is 1. The second-order valence-corrected chi connectivity index (χ2v) is 25.0. The lowest BCUT2D eigenvalue weighted by atomic mass is 9.83. The average Bonchev–Trinajstić information content (AvgIpc) is 4.45. The fourth-order valence-electron chi connectivity index (χ4n) is 10.8. The van der Waals surface area contributed by atoms with Gasteiger partial charge in [-0.2, -0.15) is 8.42 Å². The van der Waals surface area contributed by atoms with E-state index in [-0.39, 0.29) is 67.5 Å². The molecule has 3 aliphatic rings. The number of carboxylic acid groups (broad SMARTS) is 1. The van der Waals surface area contributed by atoms with Gasteiger partial charge in [-0.05, 0) is 127 Å². The summed E-state index contributed by atoms with van der Waals surface area (Å²) < 4.78 is 40.2. The summed E-state index contributed by atoms with van der Waals surface area (Å²) in [6.45, 7) is 9.95. The number of unbranched alkanes of at least 4 members (excludes halogenated alkanes) is 5. The van der Waals surface area contributed by atoms with Crippen LogP contribution in [0.1, 0.15) is 133 Å². The normalized spacial score (nSPS) is 19.5. The molecule has 1 unspecified atom stereocenters. The smallest absolute Gasteiger partial charge is 0.315 e. The van der Waals surface area contributed by atoms with Crippen LogP contribution in [0.25, 0.3) is 21.6 Å². The van der Waals surface area contributed by atoms with Crippen molar-refractivity contribution in [1.82, 2.24) is 20.5 Å². The largest absolute Gasteiger partial charge is 0.508 e. The van der Waals surface area contributed by atoms with Crippen LogP contribution in [-0.2, 0) is 38.8 Å². The zero-order valence-corrected chi connectivity index (χ0v) is 48.1. The first-order chi connectivity index (χ1) is 38.6. The van der Waals surface area contributed by atoms with E-state index in [9.17, 15) is 42.6 Å². The minimum atomic E-state index is -4.23. The quantitative estimate of drug-likeness (QED) is 0.0201. The van der Waals surface area contributed by atoms with Crippen molar-refractivity contribution in [1.29, 1.82) is 0 Å². The molecule has 20 heteroatoms. The molecule has 81 heavy (non-hydrogen) atoms. The van der Waals surface area contributed by atoms with Crippen LogP contribution >= 0.6 is 11.3 Å². The second kappa shape index (κ2) is 26.6. The van der Waals surface area contributed by atoms with E-state index in [1.165, 1.54) is 4.90 Å². The van der Waals surface area contributed by atoms with Gasteiger partial charge in [0, 0.05) is 56.6 Å². The molecule has 0 aliphatic carbocycles. The van der Waals surface area contributed by atoms with Crippen molar-refractivity contribution in [3.63, 3.8) is 0 Å². The summed E-state index contributed by atoms with van der Waals surface area (Å²) in [5.41, 5.74) is 8.30. The van der Waals surface area contributed by atoms with Gasteiger partial charge in [0.15, 0.2) is 0 Å². The number of hydrogen-bond acceptors (Lipinski definition) is 14. The third-order valence-corrected chi connectivity index (χ3v) is 17.7. The number of nitrogens with zero attached hydrogens (tertiary/aromatic N) is 2. The summed E-state index contributed by atoms with van der Waals surface area (Å²) in [6.07, 6.45) is 3.21. The summed E-state index contributed by atoms with van der Waals surface area (Å²) in [5.74, 6) is -1.85. The lowest BCUT2D eigenvalue weighted by molar-refractivity contribution is -0.144. The van der Waals surface area contributed by atoms with E-state index in [0.29, 0.717) is 55.5 Å². The molecule has 7 N–H and O–H groups in total. The number of aliphatic carboxylic acids is 1. The summed E-state index contributed by atoms with van der Waals surface area (Å²) in [4.78, 5) is 71.5. The van der Waals surface area contributed by atoms with Crippen LogP contribution in [0, 0.1) is 12.3 Å². The van der Waals surface area contributed by atoms with Crippen molar-refractivity contribution in [2.24, 2.45) is 5.41 Å². The Kier molecular flexibility index (Phi) is 19.7. The third kappa shape index (κ3) is 15.5. The maximum Gasteiger partial charge on any atom is 0.315 e. The van der Waals surface area contributed by atoms with Crippen LogP contribution in [0.5, 0.6) is 11.5 Å². The number of aryl methyl sites for hydroxylation is 1. The van der Waals surface area contributed by atoms with Gasteiger partial charge in [-0.3, -0.25) is 24.0 Å². The number of rotatable bonds is 26. The van der Waals surface area contributed by atoms with Gasteiger partial charge >= 0.3 is 16.1 Å². The van der Waals surface area contributed by atoms with Crippen LogP contribution in [0.15, 0.2) is 103 Å². The maximum atomic E-state index is 14.2. The molecule has 1 aromatic heterocycles. The number of fused-ring (bicyclic) bond motifs is 2. The summed E-state index contributed by atoms with van der Waals surface area (Å²) in [7, 11) is -4.23. The maximum absolute atomic E-state index is 14.2. The molecule has 3 aliphatic heterocycles. The van der Waals surface area contributed by atoms with E-state index in [4.69, 9.17) is 14.0 Å². The molecular formula is C61H74N6O12S2. The molecule has 2 bridgehead atoms. The third-order valence-electron chi connectivity index (χ3n) is 15.1. The number of carbonyl (C=O) groups is 5. The van der Waals surface area contributed by atoms with Gasteiger partial charge < -0.3 is 50.4 Å². The van der Waals surface area contributed by atoms with Crippen molar-refractivity contribution in [2.75, 3.05) is 23.7 Å². The number of amides is 4. The van der Waals surface area contributed by atoms with E-state index in [0.717, 1.165) is 57.8 Å². The standard InChI is InChI=1S/C61H74N6O12S2/c1-37(39-16-18-42(19-17-39)57-38(2)63-36-80-57)64-59(74)48-33-46(69)35-67(48)60(75)58(61(3,4)5)66-52(71)14-10-8-12-32-62-43-26-30-47(31-27-43)79-81(76,77)50-34-49-54(40-22-28-45(68)29-23-40)55(56(50)78-49)41-20-24-44(25-21-41)65-51(70)13-9-6-7-11-15-53(72)73/h16-31,36-37,46,48-50,56,58,62,68-69H,6-15,32-35H2,1-5H3,(H,64,74)(H,65,70)(H,66,71)(H,72,73)/t37-,46-,48+,49-,50?,56+,58-/m1/s1. The Morgan fingerprint density at radius 1 is 0.765 bits per heavy atom. The number of hydrogen-bond donors (Lipinski definition) is 7. The van der Waals surface area contributed by atoms with Crippen molar-refractivity contribution in [3.05, 3.63) is 125 Å². The van der Waals surface area contributed by atoms with E-state index >= 15 is 0 Å². The molecule has 8 rings (SSSR count). The number of aliphatic hydroxyl groups is 1. The molecule has 4 aromatic carbocycles. The van der Waals surface area contributed by atoms with Gasteiger partial charge in [-0.25, -0.2) is 4.98 Å².